The van der Waals surface area contributed by atoms with Gasteiger partial charge in [0.2, 0.25) is 0 Å². The number of aromatic nitrogens is 3. The van der Waals surface area contributed by atoms with Crippen LogP contribution in [0.2, 0.25) is 0 Å². The fraction of sp³-hybridized carbons (Fsp3) is 0.200. The van der Waals surface area contributed by atoms with Gasteiger partial charge in [0.25, 0.3) is 0 Å². The van der Waals surface area contributed by atoms with Crippen LogP contribution in [0.5, 0.6) is 5.75 Å². The Morgan fingerprint density at radius 2 is 2.40 bits per heavy atom. The number of nitrogen functional groups attached to an aromatic ring is 1. The number of nitrogens with zero attached hydrogens (tertiary/aromatic N) is 3. The molecule has 0 spiro atoms. The summed E-state index contributed by atoms with van der Waals surface area (Å²) >= 11 is 0. The van der Waals surface area contributed by atoms with Crippen LogP contribution in [-0.2, 0) is 13.7 Å². The molecule has 78 valence electrons. The molecule has 0 unspecified atom stereocenters. The van der Waals surface area contributed by atoms with Crippen molar-refractivity contribution in [3.63, 3.8) is 0 Å². The summed E-state index contributed by atoms with van der Waals surface area (Å²) in [5.74, 6) is 1.00. The van der Waals surface area contributed by atoms with E-state index in [2.05, 4.69) is 10.1 Å². The molecule has 0 saturated carbocycles. The van der Waals surface area contributed by atoms with Gasteiger partial charge in [0.1, 0.15) is 6.61 Å². The zero-order chi connectivity index (χ0) is 10.7. The maximum Gasteiger partial charge on any atom is 0.166 e. The molecule has 0 atom stereocenters. The van der Waals surface area contributed by atoms with Gasteiger partial charge in [0.15, 0.2) is 11.6 Å². The number of aryl methyl sites for hydroxylation is 1. The van der Waals surface area contributed by atoms with Gasteiger partial charge < -0.3 is 10.5 Å². The normalized spacial score (nSPS) is 10.2. The van der Waals surface area contributed by atoms with Crippen LogP contribution in [0.3, 0.4) is 0 Å². The third-order valence-electron chi connectivity index (χ3n) is 1.95. The molecule has 2 N–H and O–H groups in total. The van der Waals surface area contributed by atoms with Crippen LogP contribution in [0.1, 0.15) is 5.56 Å². The number of hydrogen-bond donors (Lipinski definition) is 1. The van der Waals surface area contributed by atoms with E-state index >= 15 is 0 Å². The lowest BCUT2D eigenvalue weighted by atomic mass is 10.4. The van der Waals surface area contributed by atoms with Crippen molar-refractivity contribution in [2.24, 2.45) is 7.05 Å². The summed E-state index contributed by atoms with van der Waals surface area (Å²) in [5.41, 5.74) is 6.63. The van der Waals surface area contributed by atoms with Crippen LogP contribution in [0.15, 0.2) is 30.7 Å². The molecule has 0 bridgehead atoms. The minimum absolute atomic E-state index is 0.404. The van der Waals surface area contributed by atoms with Crippen LogP contribution >= 0.6 is 0 Å². The molecule has 5 heteroatoms. The number of hydrogen-bond acceptors (Lipinski definition) is 4. The lowest BCUT2D eigenvalue weighted by Crippen LogP contribution is -1.99. The van der Waals surface area contributed by atoms with E-state index in [1.165, 1.54) is 0 Å². The van der Waals surface area contributed by atoms with Crippen LogP contribution < -0.4 is 10.5 Å². The van der Waals surface area contributed by atoms with E-state index in [0.717, 1.165) is 5.56 Å². The lowest BCUT2D eigenvalue weighted by molar-refractivity contribution is 0.307. The minimum Gasteiger partial charge on any atom is -0.485 e. The molecule has 0 amide bonds. The van der Waals surface area contributed by atoms with Gasteiger partial charge in [0.05, 0.1) is 6.20 Å². The van der Waals surface area contributed by atoms with Crippen molar-refractivity contribution in [2.45, 2.75) is 6.61 Å². The molecule has 0 aliphatic rings. The highest BCUT2D eigenvalue weighted by molar-refractivity contribution is 5.44. The van der Waals surface area contributed by atoms with Crippen molar-refractivity contribution < 1.29 is 4.74 Å². The monoisotopic (exact) mass is 204 g/mol. The van der Waals surface area contributed by atoms with Gasteiger partial charge in [-0.05, 0) is 12.1 Å². The van der Waals surface area contributed by atoms with Crippen molar-refractivity contribution in [1.82, 2.24) is 14.8 Å². The quantitative estimate of drug-likeness (QED) is 0.809. The zero-order valence-electron chi connectivity index (χ0n) is 8.42. The first-order chi connectivity index (χ1) is 7.25. The van der Waals surface area contributed by atoms with Crippen molar-refractivity contribution in [1.29, 1.82) is 0 Å². The Hall–Kier alpha value is -2.04. The molecular formula is C10H12N4O. The van der Waals surface area contributed by atoms with Gasteiger partial charge in [-0.15, -0.1) is 0 Å². The first-order valence-electron chi connectivity index (χ1n) is 4.56. The zero-order valence-corrected chi connectivity index (χ0v) is 8.42. The Kier molecular flexibility index (Phi) is 2.53. The average molecular weight is 204 g/mol. The van der Waals surface area contributed by atoms with Gasteiger partial charge in [-0.1, -0.05) is 0 Å². The molecule has 5 nitrogen and oxygen atoms in total. The molecular weight excluding hydrogens is 192 g/mol. The largest absolute Gasteiger partial charge is 0.485 e. The van der Waals surface area contributed by atoms with E-state index in [9.17, 15) is 0 Å². The number of ether oxygens (including phenoxy) is 1. The standard InChI is InChI=1S/C10H12N4O/c1-14-6-8(5-13-14)7-15-9-3-2-4-12-10(9)11/h2-6H,7H2,1H3,(H2,11,12). The molecule has 0 aliphatic carbocycles. The molecule has 0 aromatic carbocycles. The van der Waals surface area contributed by atoms with Gasteiger partial charge in [-0.3, -0.25) is 4.68 Å². The van der Waals surface area contributed by atoms with Gasteiger partial charge in [-0.25, -0.2) is 4.98 Å². The van der Waals surface area contributed by atoms with Crippen molar-refractivity contribution in [2.75, 3.05) is 5.73 Å². The van der Waals surface area contributed by atoms with Crippen LogP contribution in [0.25, 0.3) is 0 Å². The molecule has 15 heavy (non-hydrogen) atoms. The summed E-state index contributed by atoms with van der Waals surface area (Å²) in [4.78, 5) is 3.93. The average Bonchev–Trinajstić information content (AvgIpc) is 2.63. The number of rotatable bonds is 3. The SMILES string of the molecule is Cn1cc(COc2cccnc2N)cn1. The Morgan fingerprint density at radius 1 is 1.53 bits per heavy atom. The predicted octanol–water partition coefficient (Wildman–Crippen LogP) is 0.976. The van der Waals surface area contributed by atoms with Gasteiger partial charge in [0, 0.05) is 25.0 Å². The lowest BCUT2D eigenvalue weighted by Gasteiger charge is -2.05. The summed E-state index contributed by atoms with van der Waals surface area (Å²) < 4.78 is 7.22. The van der Waals surface area contributed by atoms with Crippen LogP contribution in [0, 0.1) is 0 Å². The second kappa shape index (κ2) is 4.00. The summed E-state index contributed by atoms with van der Waals surface area (Å²) in [7, 11) is 1.86. The summed E-state index contributed by atoms with van der Waals surface area (Å²) in [6.45, 7) is 0.448. The van der Waals surface area contributed by atoms with Crippen molar-refractivity contribution >= 4 is 5.82 Å². The van der Waals surface area contributed by atoms with E-state index in [1.807, 2.05) is 13.2 Å². The van der Waals surface area contributed by atoms with E-state index in [0.29, 0.717) is 18.2 Å². The Morgan fingerprint density at radius 3 is 3.07 bits per heavy atom. The van der Waals surface area contributed by atoms with Crippen LogP contribution in [0.4, 0.5) is 5.82 Å². The Labute approximate surface area is 87.5 Å². The molecule has 2 aromatic rings. The summed E-state index contributed by atoms with van der Waals surface area (Å²) in [6.07, 6.45) is 5.28. The fourth-order valence-corrected chi connectivity index (χ4v) is 1.23. The smallest absolute Gasteiger partial charge is 0.166 e. The number of nitrogens with two attached hydrogens (primary N) is 1. The van der Waals surface area contributed by atoms with Gasteiger partial charge >= 0.3 is 0 Å². The van der Waals surface area contributed by atoms with E-state index in [1.54, 1.807) is 29.2 Å². The summed E-state index contributed by atoms with van der Waals surface area (Å²) in [6, 6.07) is 3.58. The highest BCUT2D eigenvalue weighted by atomic mass is 16.5. The van der Waals surface area contributed by atoms with Crippen LogP contribution in [-0.4, -0.2) is 14.8 Å². The predicted molar refractivity (Wildman–Crippen MR) is 56.2 cm³/mol. The summed E-state index contributed by atoms with van der Waals surface area (Å²) in [5, 5.41) is 4.04. The highest BCUT2D eigenvalue weighted by Crippen LogP contribution is 2.18. The first-order valence-corrected chi connectivity index (χ1v) is 4.56. The van der Waals surface area contributed by atoms with Crippen molar-refractivity contribution in [3.05, 3.63) is 36.3 Å². The third kappa shape index (κ3) is 2.25. The Balaban J connectivity index is 2.02. The minimum atomic E-state index is 0.404. The molecule has 0 fully saturated rings. The molecule has 0 aliphatic heterocycles. The molecule has 2 rings (SSSR count). The molecule has 2 aromatic heterocycles. The first kappa shape index (κ1) is 9.51. The third-order valence-corrected chi connectivity index (χ3v) is 1.95. The second-order valence-corrected chi connectivity index (χ2v) is 3.20. The maximum absolute atomic E-state index is 5.63. The fourth-order valence-electron chi connectivity index (χ4n) is 1.23. The maximum atomic E-state index is 5.63. The van der Waals surface area contributed by atoms with Crippen molar-refractivity contribution in [3.8, 4) is 5.75 Å². The highest BCUT2D eigenvalue weighted by Gasteiger charge is 2.01. The van der Waals surface area contributed by atoms with E-state index in [4.69, 9.17) is 10.5 Å². The molecule has 0 radical (unpaired) electrons. The van der Waals surface area contributed by atoms with Gasteiger partial charge in [-0.2, -0.15) is 5.10 Å². The van der Waals surface area contributed by atoms with E-state index in [-0.39, 0.29) is 0 Å². The topological polar surface area (TPSA) is 66.0 Å². The number of anilines is 1. The second-order valence-electron chi connectivity index (χ2n) is 3.20. The number of pyridine rings is 1. The molecule has 2 heterocycles. The molecule has 0 saturated heterocycles. The Bertz CT molecular complexity index is 452. The van der Waals surface area contributed by atoms with E-state index < -0.39 is 0 Å².